The minimum atomic E-state index is 0.105. The summed E-state index contributed by atoms with van der Waals surface area (Å²) in [6.07, 6.45) is 3.00. The zero-order chi connectivity index (χ0) is 10.7. The van der Waals surface area contributed by atoms with Crippen LogP contribution in [0.1, 0.15) is 6.92 Å². The molecular weight excluding hydrogens is 194 g/mol. The number of amides is 1. The lowest BCUT2D eigenvalue weighted by atomic mass is 10.2. The van der Waals surface area contributed by atoms with E-state index < -0.39 is 0 Å². The van der Waals surface area contributed by atoms with E-state index in [9.17, 15) is 4.79 Å². The first-order chi connectivity index (χ1) is 7.25. The third-order valence-corrected chi connectivity index (χ3v) is 2.49. The summed E-state index contributed by atoms with van der Waals surface area (Å²) in [5.74, 6) is 0.105. The highest BCUT2D eigenvalue weighted by Crippen LogP contribution is 2.00. The van der Waals surface area contributed by atoms with Crippen molar-refractivity contribution in [2.75, 3.05) is 19.6 Å². The molecule has 1 atom stereocenters. The Balaban J connectivity index is 1.90. The molecule has 0 radical (unpaired) electrons. The molecule has 1 N–H and O–H groups in total. The van der Waals surface area contributed by atoms with Gasteiger partial charge in [0.15, 0.2) is 0 Å². The van der Waals surface area contributed by atoms with Gasteiger partial charge in [-0.1, -0.05) is 0 Å². The van der Waals surface area contributed by atoms with Crippen molar-refractivity contribution < 1.29 is 4.79 Å². The van der Waals surface area contributed by atoms with Crippen LogP contribution in [0, 0.1) is 0 Å². The SMILES string of the molecule is C[C@H]1CN(C(=O)Cn2cncn2)CCN1. The maximum absolute atomic E-state index is 11.8. The molecule has 1 fully saturated rings. The third-order valence-electron chi connectivity index (χ3n) is 2.49. The molecule has 1 aromatic rings. The monoisotopic (exact) mass is 209 g/mol. The van der Waals surface area contributed by atoms with E-state index in [0.29, 0.717) is 6.04 Å². The van der Waals surface area contributed by atoms with Crippen molar-refractivity contribution in [3.63, 3.8) is 0 Å². The van der Waals surface area contributed by atoms with Crippen LogP contribution in [0.3, 0.4) is 0 Å². The molecule has 0 saturated carbocycles. The second-order valence-corrected chi connectivity index (χ2v) is 3.79. The van der Waals surface area contributed by atoms with E-state index in [1.165, 1.54) is 6.33 Å². The summed E-state index contributed by atoms with van der Waals surface area (Å²) in [6.45, 7) is 4.78. The summed E-state index contributed by atoms with van der Waals surface area (Å²) in [4.78, 5) is 17.5. The van der Waals surface area contributed by atoms with Gasteiger partial charge < -0.3 is 10.2 Å². The lowest BCUT2D eigenvalue weighted by Gasteiger charge is -2.31. The summed E-state index contributed by atoms with van der Waals surface area (Å²) < 4.78 is 1.55. The molecule has 1 amide bonds. The van der Waals surface area contributed by atoms with Gasteiger partial charge in [0.1, 0.15) is 19.2 Å². The van der Waals surface area contributed by atoms with E-state index >= 15 is 0 Å². The van der Waals surface area contributed by atoms with E-state index in [-0.39, 0.29) is 12.5 Å². The van der Waals surface area contributed by atoms with Crippen LogP contribution in [0.15, 0.2) is 12.7 Å². The Kier molecular flexibility index (Phi) is 2.96. The molecule has 0 spiro atoms. The first-order valence-electron chi connectivity index (χ1n) is 5.09. The Labute approximate surface area is 88.3 Å². The molecule has 1 saturated heterocycles. The van der Waals surface area contributed by atoms with Crippen LogP contribution in [-0.4, -0.2) is 51.2 Å². The van der Waals surface area contributed by atoms with Gasteiger partial charge in [-0.3, -0.25) is 4.79 Å². The second kappa shape index (κ2) is 4.39. The summed E-state index contributed by atoms with van der Waals surface area (Å²) in [5, 5.41) is 7.21. The van der Waals surface area contributed by atoms with Gasteiger partial charge in [-0.2, -0.15) is 5.10 Å². The fourth-order valence-corrected chi connectivity index (χ4v) is 1.71. The molecule has 0 bridgehead atoms. The molecule has 6 heteroatoms. The van der Waals surface area contributed by atoms with Crippen molar-refractivity contribution in [3.8, 4) is 0 Å². The molecule has 0 aliphatic carbocycles. The first-order valence-corrected chi connectivity index (χ1v) is 5.09. The highest BCUT2D eigenvalue weighted by atomic mass is 16.2. The topological polar surface area (TPSA) is 63.1 Å². The Hall–Kier alpha value is -1.43. The van der Waals surface area contributed by atoms with Gasteiger partial charge in [0.05, 0.1) is 0 Å². The Morgan fingerprint density at radius 2 is 2.53 bits per heavy atom. The van der Waals surface area contributed by atoms with Crippen molar-refractivity contribution in [3.05, 3.63) is 12.7 Å². The van der Waals surface area contributed by atoms with Crippen molar-refractivity contribution in [2.24, 2.45) is 0 Å². The van der Waals surface area contributed by atoms with E-state index in [1.807, 2.05) is 4.90 Å². The molecule has 6 nitrogen and oxygen atoms in total. The van der Waals surface area contributed by atoms with Crippen LogP contribution in [0.25, 0.3) is 0 Å². The fourth-order valence-electron chi connectivity index (χ4n) is 1.71. The number of hydrogen-bond donors (Lipinski definition) is 1. The number of hydrogen-bond acceptors (Lipinski definition) is 4. The second-order valence-electron chi connectivity index (χ2n) is 3.79. The van der Waals surface area contributed by atoms with Crippen LogP contribution in [0.4, 0.5) is 0 Å². The van der Waals surface area contributed by atoms with Crippen molar-refractivity contribution in [1.29, 1.82) is 0 Å². The van der Waals surface area contributed by atoms with Gasteiger partial charge in [0.25, 0.3) is 0 Å². The molecule has 0 unspecified atom stereocenters. The minimum Gasteiger partial charge on any atom is -0.338 e. The van der Waals surface area contributed by atoms with E-state index in [1.54, 1.807) is 11.0 Å². The Bertz CT molecular complexity index is 323. The molecule has 1 aliphatic rings. The standard InChI is InChI=1S/C9H15N5O/c1-8-4-13(3-2-11-8)9(15)5-14-7-10-6-12-14/h6-8,11H,2-5H2,1H3/t8-/m0/s1. The molecular formula is C9H15N5O. The maximum Gasteiger partial charge on any atom is 0.244 e. The largest absolute Gasteiger partial charge is 0.338 e. The highest BCUT2D eigenvalue weighted by Gasteiger charge is 2.20. The summed E-state index contributed by atoms with van der Waals surface area (Å²) in [6, 6.07) is 0.374. The smallest absolute Gasteiger partial charge is 0.244 e. The van der Waals surface area contributed by atoms with E-state index in [2.05, 4.69) is 22.3 Å². The van der Waals surface area contributed by atoms with Gasteiger partial charge in [-0.05, 0) is 6.92 Å². The predicted molar refractivity (Wildman–Crippen MR) is 54.1 cm³/mol. The van der Waals surface area contributed by atoms with E-state index in [4.69, 9.17) is 0 Å². The molecule has 1 aromatic heterocycles. The van der Waals surface area contributed by atoms with Crippen molar-refractivity contribution in [2.45, 2.75) is 19.5 Å². The zero-order valence-electron chi connectivity index (χ0n) is 8.76. The number of carbonyl (C=O) groups excluding carboxylic acids is 1. The van der Waals surface area contributed by atoms with Crippen molar-refractivity contribution >= 4 is 5.91 Å². The number of nitrogens with one attached hydrogen (secondary N) is 1. The highest BCUT2D eigenvalue weighted by molar-refractivity contribution is 5.76. The lowest BCUT2D eigenvalue weighted by molar-refractivity contribution is -0.133. The normalized spacial score (nSPS) is 21.7. The van der Waals surface area contributed by atoms with Crippen LogP contribution in [0.2, 0.25) is 0 Å². The summed E-state index contributed by atoms with van der Waals surface area (Å²) in [5.41, 5.74) is 0. The average Bonchev–Trinajstić information content (AvgIpc) is 2.70. The fraction of sp³-hybridized carbons (Fsp3) is 0.667. The van der Waals surface area contributed by atoms with Gasteiger partial charge in [0, 0.05) is 25.7 Å². The number of piperazine rings is 1. The van der Waals surface area contributed by atoms with Gasteiger partial charge in [-0.15, -0.1) is 0 Å². The third kappa shape index (κ3) is 2.53. The Morgan fingerprint density at radius 1 is 1.67 bits per heavy atom. The number of carbonyl (C=O) groups is 1. The number of rotatable bonds is 2. The zero-order valence-corrected chi connectivity index (χ0v) is 8.76. The number of aromatic nitrogens is 3. The van der Waals surface area contributed by atoms with E-state index in [0.717, 1.165) is 19.6 Å². The maximum atomic E-state index is 11.8. The quantitative estimate of drug-likeness (QED) is 0.685. The molecule has 1 aliphatic heterocycles. The van der Waals surface area contributed by atoms with Crippen molar-refractivity contribution in [1.82, 2.24) is 25.0 Å². The molecule has 2 heterocycles. The molecule has 82 valence electrons. The molecule has 15 heavy (non-hydrogen) atoms. The summed E-state index contributed by atoms with van der Waals surface area (Å²) in [7, 11) is 0. The molecule has 2 rings (SSSR count). The average molecular weight is 209 g/mol. The van der Waals surface area contributed by atoms with Crippen LogP contribution in [-0.2, 0) is 11.3 Å². The Morgan fingerprint density at radius 3 is 3.20 bits per heavy atom. The van der Waals surface area contributed by atoms with Gasteiger partial charge >= 0.3 is 0 Å². The minimum absolute atomic E-state index is 0.105. The summed E-state index contributed by atoms with van der Waals surface area (Å²) >= 11 is 0. The lowest BCUT2D eigenvalue weighted by Crippen LogP contribution is -2.52. The predicted octanol–water partition coefficient (Wildman–Crippen LogP) is -0.902. The first kappa shape index (κ1) is 10.1. The number of nitrogens with zero attached hydrogens (tertiary/aromatic N) is 4. The van der Waals surface area contributed by atoms with Crippen LogP contribution >= 0.6 is 0 Å². The van der Waals surface area contributed by atoms with Gasteiger partial charge in [0.2, 0.25) is 5.91 Å². The van der Waals surface area contributed by atoms with Crippen LogP contribution in [0.5, 0.6) is 0 Å². The van der Waals surface area contributed by atoms with Crippen LogP contribution < -0.4 is 5.32 Å². The van der Waals surface area contributed by atoms with Gasteiger partial charge in [-0.25, -0.2) is 9.67 Å². The molecule has 0 aromatic carbocycles.